The van der Waals surface area contributed by atoms with Crippen molar-refractivity contribution in [1.29, 1.82) is 0 Å². The lowest BCUT2D eigenvalue weighted by Crippen LogP contribution is -2.44. The molecule has 1 heterocycles. The number of imide groups is 1. The third kappa shape index (κ3) is 4.66. The Kier molecular flexibility index (Phi) is 6.08. The van der Waals surface area contributed by atoms with Gasteiger partial charge in [-0.3, -0.25) is 10.1 Å². The molecule has 0 aliphatic heterocycles. The first kappa shape index (κ1) is 17.7. The molecule has 0 unspecified atom stereocenters. The minimum Gasteiger partial charge on any atom is -0.448 e. The second-order valence-electron chi connectivity index (χ2n) is 4.93. The Balaban J connectivity index is 1.96. The molecule has 0 saturated heterocycles. The summed E-state index contributed by atoms with van der Waals surface area (Å²) in [6.45, 7) is 3.54. The number of hydrogen-bond donors (Lipinski definition) is 2. The van der Waals surface area contributed by atoms with E-state index in [4.69, 9.17) is 4.74 Å². The van der Waals surface area contributed by atoms with Crippen LogP contribution in [0.2, 0.25) is 0 Å². The largest absolute Gasteiger partial charge is 0.448 e. The van der Waals surface area contributed by atoms with Gasteiger partial charge in [0.05, 0.1) is 0 Å². The molecule has 6 nitrogen and oxygen atoms in total. The average Bonchev–Trinajstić information content (AvgIpc) is 3.06. The predicted octanol–water partition coefficient (Wildman–Crippen LogP) is 2.81. The van der Waals surface area contributed by atoms with E-state index in [1.54, 1.807) is 13.0 Å². The highest BCUT2D eigenvalue weighted by Crippen LogP contribution is 2.28. The number of carbonyl (C=O) groups excluding carboxylic acids is 3. The minimum atomic E-state index is -1.07. The molecule has 2 rings (SSSR count). The summed E-state index contributed by atoms with van der Waals surface area (Å²) in [5.41, 5.74) is 1.00. The van der Waals surface area contributed by atoms with E-state index in [0.717, 1.165) is 10.4 Å². The number of hydrogen-bond acceptors (Lipinski definition) is 5. The van der Waals surface area contributed by atoms with Crippen molar-refractivity contribution >= 4 is 29.2 Å². The fourth-order valence-corrected chi connectivity index (χ4v) is 2.79. The number of esters is 1. The molecule has 2 aromatic rings. The Morgan fingerprint density at radius 3 is 2.50 bits per heavy atom. The molecule has 0 bridgehead atoms. The maximum absolute atomic E-state index is 12.1. The number of nitrogens with one attached hydrogen (secondary N) is 2. The highest BCUT2D eigenvalue weighted by molar-refractivity contribution is 7.17. The molecule has 0 fully saturated rings. The Morgan fingerprint density at radius 1 is 1.12 bits per heavy atom. The van der Waals surface area contributed by atoms with Gasteiger partial charge in [-0.05, 0) is 31.5 Å². The van der Waals surface area contributed by atoms with E-state index in [-0.39, 0.29) is 0 Å². The minimum absolute atomic E-state index is 0.394. The first-order valence-corrected chi connectivity index (χ1v) is 8.27. The average molecular weight is 346 g/mol. The maximum Gasteiger partial charge on any atom is 0.349 e. The van der Waals surface area contributed by atoms with Crippen LogP contribution in [0.4, 0.5) is 4.79 Å². The summed E-state index contributed by atoms with van der Waals surface area (Å²) in [7, 11) is 0. The van der Waals surface area contributed by atoms with Crippen molar-refractivity contribution in [2.75, 3.05) is 6.54 Å². The highest BCUT2D eigenvalue weighted by atomic mass is 32.1. The number of thiophene rings is 1. The highest BCUT2D eigenvalue weighted by Gasteiger charge is 2.21. The number of amides is 3. The van der Waals surface area contributed by atoms with Crippen molar-refractivity contribution in [3.63, 3.8) is 0 Å². The Morgan fingerprint density at radius 2 is 1.83 bits per heavy atom. The summed E-state index contributed by atoms with van der Waals surface area (Å²) in [6, 6.07) is 12.5. The SMILES string of the molecule is CCNC(=O)NC(=O)[C@@H](C)OC(=O)c1ccc(-c2ccccc2)s1. The van der Waals surface area contributed by atoms with E-state index in [2.05, 4.69) is 10.6 Å². The van der Waals surface area contributed by atoms with Gasteiger partial charge in [-0.15, -0.1) is 11.3 Å². The fraction of sp³-hybridized carbons (Fsp3) is 0.235. The second-order valence-corrected chi connectivity index (χ2v) is 6.01. The van der Waals surface area contributed by atoms with Crippen molar-refractivity contribution in [2.45, 2.75) is 20.0 Å². The molecule has 2 N–H and O–H groups in total. The van der Waals surface area contributed by atoms with E-state index in [1.165, 1.54) is 18.3 Å². The number of urea groups is 1. The molecule has 0 radical (unpaired) electrons. The van der Waals surface area contributed by atoms with Crippen LogP contribution in [0.5, 0.6) is 0 Å². The number of carbonyl (C=O) groups is 3. The van der Waals surface area contributed by atoms with Crippen LogP contribution < -0.4 is 10.6 Å². The van der Waals surface area contributed by atoms with Gasteiger partial charge in [0.1, 0.15) is 4.88 Å². The molecular weight excluding hydrogens is 328 g/mol. The third-order valence-corrected chi connectivity index (χ3v) is 4.21. The Bertz CT molecular complexity index is 727. The van der Waals surface area contributed by atoms with Crippen molar-refractivity contribution in [3.8, 4) is 10.4 Å². The molecule has 1 atom stereocenters. The number of benzene rings is 1. The van der Waals surface area contributed by atoms with Gasteiger partial charge in [-0.2, -0.15) is 0 Å². The lowest BCUT2D eigenvalue weighted by Gasteiger charge is -2.12. The molecule has 0 spiro atoms. The van der Waals surface area contributed by atoms with E-state index < -0.39 is 24.0 Å². The summed E-state index contributed by atoms with van der Waals surface area (Å²) in [6.07, 6.45) is -1.07. The van der Waals surface area contributed by atoms with Crippen LogP contribution in [0.15, 0.2) is 42.5 Å². The van der Waals surface area contributed by atoms with Crippen molar-refractivity contribution in [3.05, 3.63) is 47.3 Å². The first-order chi connectivity index (χ1) is 11.5. The van der Waals surface area contributed by atoms with Crippen molar-refractivity contribution in [2.24, 2.45) is 0 Å². The normalized spacial score (nSPS) is 11.4. The summed E-state index contributed by atoms with van der Waals surface area (Å²) >= 11 is 1.28. The smallest absolute Gasteiger partial charge is 0.349 e. The molecule has 24 heavy (non-hydrogen) atoms. The van der Waals surface area contributed by atoms with Crippen LogP contribution in [-0.4, -0.2) is 30.6 Å². The van der Waals surface area contributed by atoms with Crippen LogP contribution >= 0.6 is 11.3 Å². The van der Waals surface area contributed by atoms with E-state index in [1.807, 2.05) is 36.4 Å². The van der Waals surface area contributed by atoms with E-state index >= 15 is 0 Å². The zero-order valence-electron chi connectivity index (χ0n) is 13.4. The topological polar surface area (TPSA) is 84.5 Å². The Labute approximate surface area is 143 Å². The Hall–Kier alpha value is -2.67. The zero-order valence-corrected chi connectivity index (χ0v) is 14.2. The lowest BCUT2D eigenvalue weighted by molar-refractivity contribution is -0.127. The van der Waals surface area contributed by atoms with E-state index in [0.29, 0.717) is 11.4 Å². The molecule has 1 aromatic heterocycles. The van der Waals surface area contributed by atoms with Crippen LogP contribution in [-0.2, 0) is 9.53 Å². The summed E-state index contributed by atoms with van der Waals surface area (Å²) in [5.74, 6) is -1.27. The predicted molar refractivity (Wildman–Crippen MR) is 91.8 cm³/mol. The van der Waals surface area contributed by atoms with Crippen molar-refractivity contribution in [1.82, 2.24) is 10.6 Å². The standard InChI is InChI=1S/C17H18N2O4S/c1-3-18-17(22)19-15(20)11(2)23-16(21)14-10-9-13(24-14)12-7-5-4-6-8-12/h4-11H,3H2,1-2H3,(H2,18,19,20,22)/t11-/m1/s1. The fourth-order valence-electron chi connectivity index (χ4n) is 1.90. The van der Waals surface area contributed by atoms with E-state index in [9.17, 15) is 14.4 Å². The monoisotopic (exact) mass is 346 g/mol. The molecule has 126 valence electrons. The van der Waals surface area contributed by atoms with Gasteiger partial charge in [-0.25, -0.2) is 9.59 Å². The molecule has 3 amide bonds. The summed E-state index contributed by atoms with van der Waals surface area (Å²) in [4.78, 5) is 36.5. The van der Waals surface area contributed by atoms with Gasteiger partial charge in [0.25, 0.3) is 5.91 Å². The third-order valence-electron chi connectivity index (χ3n) is 3.09. The molecule has 1 aromatic carbocycles. The molecule has 0 aliphatic rings. The molecule has 0 saturated carbocycles. The quantitative estimate of drug-likeness (QED) is 0.815. The summed E-state index contributed by atoms with van der Waals surface area (Å²) in [5, 5.41) is 4.53. The van der Waals surface area contributed by atoms with Crippen LogP contribution in [0.3, 0.4) is 0 Å². The molecule has 0 aliphatic carbocycles. The lowest BCUT2D eigenvalue weighted by atomic mass is 10.2. The van der Waals surface area contributed by atoms with Gasteiger partial charge in [0.2, 0.25) is 0 Å². The van der Waals surface area contributed by atoms with Gasteiger partial charge >= 0.3 is 12.0 Å². The first-order valence-electron chi connectivity index (χ1n) is 7.46. The van der Waals surface area contributed by atoms with Gasteiger partial charge in [-0.1, -0.05) is 30.3 Å². The molecule has 7 heteroatoms. The maximum atomic E-state index is 12.1. The van der Waals surface area contributed by atoms with Gasteiger partial charge < -0.3 is 10.1 Å². The molecular formula is C17H18N2O4S. The second kappa shape index (κ2) is 8.26. The van der Waals surface area contributed by atoms with Crippen LogP contribution in [0.1, 0.15) is 23.5 Å². The van der Waals surface area contributed by atoms with Crippen molar-refractivity contribution < 1.29 is 19.1 Å². The zero-order chi connectivity index (χ0) is 17.5. The van der Waals surface area contributed by atoms with Gasteiger partial charge in [0, 0.05) is 11.4 Å². The number of ether oxygens (including phenoxy) is 1. The van der Waals surface area contributed by atoms with Gasteiger partial charge in [0.15, 0.2) is 6.10 Å². The summed E-state index contributed by atoms with van der Waals surface area (Å²) < 4.78 is 5.11. The number of rotatable bonds is 5. The van der Waals surface area contributed by atoms with Crippen LogP contribution in [0, 0.1) is 0 Å². The van der Waals surface area contributed by atoms with Crippen LogP contribution in [0.25, 0.3) is 10.4 Å².